The summed E-state index contributed by atoms with van der Waals surface area (Å²) in [5.74, 6) is 0.275. The van der Waals surface area contributed by atoms with Gasteiger partial charge in [0.25, 0.3) is 0 Å². The summed E-state index contributed by atoms with van der Waals surface area (Å²) in [6.45, 7) is 3.54. The van der Waals surface area contributed by atoms with Crippen LogP contribution < -0.4 is 4.74 Å². The molecule has 0 aliphatic carbocycles. The van der Waals surface area contributed by atoms with Gasteiger partial charge in [0.05, 0.1) is 5.69 Å². The molecule has 0 aliphatic heterocycles. The van der Waals surface area contributed by atoms with Crippen molar-refractivity contribution in [2.24, 2.45) is 0 Å². The van der Waals surface area contributed by atoms with Crippen molar-refractivity contribution in [1.82, 2.24) is 9.97 Å². The number of hydrogen-bond acceptors (Lipinski definition) is 3. The van der Waals surface area contributed by atoms with Gasteiger partial charge in [0.2, 0.25) is 0 Å². The molecule has 0 atom stereocenters. The van der Waals surface area contributed by atoms with Crippen LogP contribution in [-0.4, -0.2) is 27.7 Å². The van der Waals surface area contributed by atoms with Crippen molar-refractivity contribution in [3.63, 3.8) is 0 Å². The van der Waals surface area contributed by atoms with Crippen molar-refractivity contribution in [2.75, 3.05) is 6.61 Å². The van der Waals surface area contributed by atoms with Gasteiger partial charge in [-0.05, 0) is 26.0 Å². The van der Waals surface area contributed by atoms with Crippen LogP contribution in [0.1, 0.15) is 11.4 Å². The first kappa shape index (κ1) is 12.2. The molecule has 0 aliphatic rings. The number of rotatable bonds is 4. The van der Waals surface area contributed by atoms with Gasteiger partial charge in [-0.2, -0.15) is 0 Å². The lowest BCUT2D eigenvalue weighted by Crippen LogP contribution is -2.09. The van der Waals surface area contributed by atoms with Gasteiger partial charge in [0.1, 0.15) is 11.6 Å². The Kier molecular flexibility index (Phi) is 3.32. The molecule has 0 amide bonds. The highest BCUT2D eigenvalue weighted by atomic mass is 16.5. The van der Waals surface area contributed by atoms with Crippen LogP contribution in [0.4, 0.5) is 0 Å². The van der Waals surface area contributed by atoms with E-state index >= 15 is 0 Å². The average Bonchev–Trinajstić information content (AvgIpc) is 2.68. The van der Waals surface area contributed by atoms with E-state index in [0.717, 1.165) is 22.8 Å². The first-order valence-corrected chi connectivity index (χ1v) is 5.54. The van der Waals surface area contributed by atoms with Crippen LogP contribution in [0.25, 0.3) is 11.4 Å². The Morgan fingerprint density at radius 3 is 2.83 bits per heavy atom. The lowest BCUT2D eigenvalue weighted by atomic mass is 10.2. The fraction of sp³-hybridized carbons (Fsp3) is 0.231. The Hall–Kier alpha value is -2.30. The SMILES string of the molecule is Cc1nc(-c2cccc(OCC(=O)O)c2)[nH]c1C. The maximum atomic E-state index is 10.4. The second-order valence-corrected chi connectivity index (χ2v) is 4.01. The van der Waals surface area contributed by atoms with Crippen LogP contribution in [0.2, 0.25) is 0 Å². The van der Waals surface area contributed by atoms with Gasteiger partial charge < -0.3 is 14.8 Å². The number of H-pyrrole nitrogens is 1. The van der Waals surface area contributed by atoms with E-state index in [1.54, 1.807) is 18.2 Å². The molecule has 2 N–H and O–H groups in total. The Bertz CT molecular complexity index is 556. The molecule has 0 spiro atoms. The summed E-state index contributed by atoms with van der Waals surface area (Å²) >= 11 is 0. The van der Waals surface area contributed by atoms with Crippen molar-refractivity contribution >= 4 is 5.97 Å². The van der Waals surface area contributed by atoms with Crippen LogP contribution in [0.15, 0.2) is 24.3 Å². The maximum absolute atomic E-state index is 10.4. The zero-order valence-electron chi connectivity index (χ0n) is 10.2. The zero-order valence-corrected chi connectivity index (χ0v) is 10.2. The zero-order chi connectivity index (χ0) is 13.1. The summed E-state index contributed by atoms with van der Waals surface area (Å²) in [4.78, 5) is 18.0. The highest BCUT2D eigenvalue weighted by molar-refractivity contribution is 5.68. The van der Waals surface area contributed by atoms with E-state index < -0.39 is 5.97 Å². The number of aliphatic carboxylic acids is 1. The molecule has 5 nitrogen and oxygen atoms in total. The van der Waals surface area contributed by atoms with Gasteiger partial charge in [0, 0.05) is 11.3 Å². The van der Waals surface area contributed by atoms with Crippen molar-refractivity contribution in [3.8, 4) is 17.1 Å². The number of carboxylic acid groups (broad SMARTS) is 1. The van der Waals surface area contributed by atoms with E-state index in [0.29, 0.717) is 5.75 Å². The van der Waals surface area contributed by atoms with Crippen molar-refractivity contribution in [3.05, 3.63) is 35.7 Å². The molecule has 1 aromatic heterocycles. The fourth-order valence-electron chi connectivity index (χ4n) is 1.56. The molecule has 1 aromatic carbocycles. The van der Waals surface area contributed by atoms with Crippen LogP contribution in [0.5, 0.6) is 5.75 Å². The lowest BCUT2D eigenvalue weighted by molar-refractivity contribution is -0.139. The molecule has 0 saturated heterocycles. The Morgan fingerprint density at radius 1 is 1.44 bits per heavy atom. The predicted molar refractivity (Wildman–Crippen MR) is 66.6 cm³/mol. The van der Waals surface area contributed by atoms with Crippen molar-refractivity contribution < 1.29 is 14.6 Å². The first-order chi connectivity index (χ1) is 8.56. The molecule has 0 unspecified atom stereocenters. The monoisotopic (exact) mass is 246 g/mol. The number of aromatic amines is 1. The van der Waals surface area contributed by atoms with Gasteiger partial charge in [-0.15, -0.1) is 0 Å². The predicted octanol–water partition coefficient (Wildman–Crippen LogP) is 2.16. The summed E-state index contributed by atoms with van der Waals surface area (Å²) < 4.78 is 5.13. The van der Waals surface area contributed by atoms with Crippen LogP contribution in [-0.2, 0) is 4.79 Å². The molecule has 1 heterocycles. The fourth-order valence-corrected chi connectivity index (χ4v) is 1.56. The van der Waals surface area contributed by atoms with E-state index in [1.165, 1.54) is 0 Å². The summed E-state index contributed by atoms with van der Waals surface area (Å²) in [6, 6.07) is 7.18. The summed E-state index contributed by atoms with van der Waals surface area (Å²) in [7, 11) is 0. The molecule has 0 fully saturated rings. The van der Waals surface area contributed by atoms with Gasteiger partial charge in [0.15, 0.2) is 6.61 Å². The van der Waals surface area contributed by atoms with Crippen molar-refractivity contribution in [2.45, 2.75) is 13.8 Å². The van der Waals surface area contributed by atoms with Gasteiger partial charge in [-0.1, -0.05) is 12.1 Å². The number of imidazole rings is 1. The third-order valence-electron chi connectivity index (χ3n) is 2.60. The quantitative estimate of drug-likeness (QED) is 0.866. The minimum Gasteiger partial charge on any atom is -0.482 e. The van der Waals surface area contributed by atoms with Crippen LogP contribution >= 0.6 is 0 Å². The second kappa shape index (κ2) is 4.91. The van der Waals surface area contributed by atoms with Gasteiger partial charge >= 0.3 is 5.97 Å². The number of carboxylic acids is 1. The van der Waals surface area contributed by atoms with E-state index in [2.05, 4.69) is 9.97 Å². The van der Waals surface area contributed by atoms with E-state index in [1.807, 2.05) is 19.9 Å². The standard InChI is InChI=1S/C13H14N2O3/c1-8-9(2)15-13(14-8)10-4-3-5-11(6-10)18-7-12(16)17/h3-6H,7H2,1-2H3,(H,14,15)(H,16,17). The maximum Gasteiger partial charge on any atom is 0.341 e. The normalized spacial score (nSPS) is 10.3. The van der Waals surface area contributed by atoms with Crippen LogP contribution in [0.3, 0.4) is 0 Å². The molecule has 18 heavy (non-hydrogen) atoms. The number of carbonyl (C=O) groups is 1. The minimum atomic E-state index is -0.995. The topological polar surface area (TPSA) is 75.2 Å². The molecule has 0 bridgehead atoms. The molecule has 2 aromatic rings. The van der Waals surface area contributed by atoms with Gasteiger partial charge in [-0.3, -0.25) is 0 Å². The largest absolute Gasteiger partial charge is 0.482 e. The average molecular weight is 246 g/mol. The molecular weight excluding hydrogens is 232 g/mol. The molecule has 5 heteroatoms. The highest BCUT2D eigenvalue weighted by Crippen LogP contribution is 2.22. The number of ether oxygens (including phenoxy) is 1. The summed E-state index contributed by atoms with van der Waals surface area (Å²) in [5, 5.41) is 8.56. The van der Waals surface area contributed by atoms with Crippen LogP contribution in [0, 0.1) is 13.8 Å². The van der Waals surface area contributed by atoms with Gasteiger partial charge in [-0.25, -0.2) is 9.78 Å². The Morgan fingerprint density at radius 2 is 2.22 bits per heavy atom. The lowest BCUT2D eigenvalue weighted by Gasteiger charge is -2.04. The number of benzene rings is 1. The molecule has 94 valence electrons. The molecule has 0 saturated carbocycles. The molecule has 2 rings (SSSR count). The number of hydrogen-bond donors (Lipinski definition) is 2. The summed E-state index contributed by atoms with van der Waals surface area (Å²) in [5.41, 5.74) is 2.83. The van der Waals surface area contributed by atoms with E-state index in [9.17, 15) is 4.79 Å². The number of nitrogens with one attached hydrogen (secondary N) is 1. The highest BCUT2D eigenvalue weighted by Gasteiger charge is 2.06. The minimum absolute atomic E-state index is 0.348. The smallest absolute Gasteiger partial charge is 0.341 e. The molecule has 0 radical (unpaired) electrons. The number of aromatic nitrogens is 2. The first-order valence-electron chi connectivity index (χ1n) is 5.54. The van der Waals surface area contributed by atoms with E-state index in [-0.39, 0.29) is 6.61 Å². The third-order valence-corrected chi connectivity index (χ3v) is 2.60. The van der Waals surface area contributed by atoms with E-state index in [4.69, 9.17) is 9.84 Å². The number of aryl methyl sites for hydroxylation is 2. The second-order valence-electron chi connectivity index (χ2n) is 4.01. The van der Waals surface area contributed by atoms with Crippen molar-refractivity contribution in [1.29, 1.82) is 0 Å². The Balaban J connectivity index is 2.23. The Labute approximate surface area is 104 Å². The summed E-state index contributed by atoms with van der Waals surface area (Å²) in [6.07, 6.45) is 0. The number of nitrogens with zero attached hydrogens (tertiary/aromatic N) is 1. The third kappa shape index (κ3) is 2.68. The molecular formula is C13H14N2O3.